The lowest BCUT2D eigenvalue weighted by Crippen LogP contribution is -2.52. The van der Waals surface area contributed by atoms with Gasteiger partial charge < -0.3 is 15.0 Å². The van der Waals surface area contributed by atoms with Crippen molar-refractivity contribution in [1.29, 1.82) is 0 Å². The fraction of sp³-hybridized carbons (Fsp3) is 0.333. The zero-order valence-corrected chi connectivity index (χ0v) is 24.8. The number of carbonyl (C=O) groups excluding carboxylic acids is 2. The molecule has 0 spiro atoms. The zero-order chi connectivity index (χ0) is 29.3. The van der Waals surface area contributed by atoms with Gasteiger partial charge in [0.15, 0.2) is 0 Å². The normalized spacial score (nSPS) is 12.7. The molecule has 2 atom stereocenters. The molecule has 0 bridgehead atoms. The number of carbonyl (C=O) groups is 2. The fourth-order valence-electron chi connectivity index (χ4n) is 3.98. The molecule has 214 valence electrons. The quantitative estimate of drug-likeness (QED) is 0.295. The van der Waals surface area contributed by atoms with Gasteiger partial charge in [0.05, 0.1) is 17.2 Å². The molecule has 0 unspecified atom stereocenters. The molecule has 3 rings (SSSR count). The SMILES string of the molecule is CCOc1ccc(N(CC(=O)N(Cc2ccccc2Cl)[C@@H](C)C(=O)N[C@@H](C)CC)S(=O)(=O)c2ccccc2)cc1. The first kappa shape index (κ1) is 31.0. The van der Waals surface area contributed by atoms with Crippen LogP contribution in [0.1, 0.15) is 39.7 Å². The van der Waals surface area contributed by atoms with E-state index in [1.165, 1.54) is 17.0 Å². The van der Waals surface area contributed by atoms with Gasteiger partial charge in [0.1, 0.15) is 18.3 Å². The van der Waals surface area contributed by atoms with Crippen molar-refractivity contribution in [2.24, 2.45) is 0 Å². The van der Waals surface area contributed by atoms with Crippen molar-refractivity contribution in [1.82, 2.24) is 10.2 Å². The minimum absolute atomic E-state index is 0.0239. The van der Waals surface area contributed by atoms with Crippen molar-refractivity contribution < 1.29 is 22.7 Å². The van der Waals surface area contributed by atoms with Gasteiger partial charge in [0, 0.05) is 17.6 Å². The molecule has 0 aliphatic carbocycles. The van der Waals surface area contributed by atoms with Crippen LogP contribution in [-0.2, 0) is 26.2 Å². The number of benzene rings is 3. The molecule has 0 radical (unpaired) electrons. The van der Waals surface area contributed by atoms with Gasteiger partial charge in [0.25, 0.3) is 10.0 Å². The molecule has 0 saturated carbocycles. The van der Waals surface area contributed by atoms with Crippen LogP contribution in [0.4, 0.5) is 5.69 Å². The van der Waals surface area contributed by atoms with E-state index in [-0.39, 0.29) is 29.1 Å². The minimum Gasteiger partial charge on any atom is -0.494 e. The van der Waals surface area contributed by atoms with Gasteiger partial charge in [-0.05, 0) is 75.2 Å². The second kappa shape index (κ2) is 14.2. The second-order valence-electron chi connectivity index (χ2n) is 9.36. The van der Waals surface area contributed by atoms with Crippen LogP contribution in [0.3, 0.4) is 0 Å². The third-order valence-corrected chi connectivity index (χ3v) is 8.67. The second-order valence-corrected chi connectivity index (χ2v) is 11.6. The Balaban J connectivity index is 2.02. The highest BCUT2D eigenvalue weighted by Gasteiger charge is 2.33. The van der Waals surface area contributed by atoms with Crippen LogP contribution in [0.25, 0.3) is 0 Å². The number of nitrogens with zero attached hydrogens (tertiary/aromatic N) is 2. The molecule has 40 heavy (non-hydrogen) atoms. The Labute approximate surface area is 241 Å². The highest BCUT2D eigenvalue weighted by molar-refractivity contribution is 7.92. The van der Waals surface area contributed by atoms with Crippen molar-refractivity contribution in [2.45, 2.75) is 57.6 Å². The lowest BCUT2D eigenvalue weighted by molar-refractivity contribution is -0.139. The molecule has 10 heteroatoms. The maximum absolute atomic E-state index is 14.0. The molecule has 3 aromatic rings. The third-order valence-electron chi connectivity index (χ3n) is 6.51. The molecule has 0 aliphatic heterocycles. The van der Waals surface area contributed by atoms with Gasteiger partial charge in [-0.2, -0.15) is 0 Å². The lowest BCUT2D eigenvalue weighted by atomic mass is 10.1. The van der Waals surface area contributed by atoms with Crippen LogP contribution in [0, 0.1) is 0 Å². The highest BCUT2D eigenvalue weighted by Crippen LogP contribution is 2.27. The number of rotatable bonds is 13. The topological polar surface area (TPSA) is 96.0 Å². The predicted molar refractivity (Wildman–Crippen MR) is 158 cm³/mol. The molecular formula is C30H36ClN3O5S. The third kappa shape index (κ3) is 7.76. The Hall–Kier alpha value is -3.56. The lowest BCUT2D eigenvalue weighted by Gasteiger charge is -2.32. The average Bonchev–Trinajstić information content (AvgIpc) is 2.96. The zero-order valence-electron chi connectivity index (χ0n) is 23.2. The Morgan fingerprint density at radius 2 is 1.55 bits per heavy atom. The van der Waals surface area contributed by atoms with Crippen molar-refractivity contribution >= 4 is 39.1 Å². The van der Waals surface area contributed by atoms with E-state index < -0.39 is 28.5 Å². The first-order valence-electron chi connectivity index (χ1n) is 13.2. The Morgan fingerprint density at radius 3 is 2.15 bits per heavy atom. The number of hydrogen-bond acceptors (Lipinski definition) is 5. The molecule has 0 fully saturated rings. The molecular weight excluding hydrogens is 550 g/mol. The summed E-state index contributed by atoms with van der Waals surface area (Å²) in [6, 6.07) is 20.5. The summed E-state index contributed by atoms with van der Waals surface area (Å²) < 4.78 is 34.2. The van der Waals surface area contributed by atoms with Crippen molar-refractivity contribution in [3.05, 3.63) is 89.4 Å². The highest BCUT2D eigenvalue weighted by atomic mass is 35.5. The van der Waals surface area contributed by atoms with E-state index in [0.29, 0.717) is 22.9 Å². The van der Waals surface area contributed by atoms with Gasteiger partial charge in [-0.15, -0.1) is 0 Å². The van der Waals surface area contributed by atoms with Gasteiger partial charge in [0.2, 0.25) is 11.8 Å². The van der Waals surface area contributed by atoms with Crippen LogP contribution >= 0.6 is 11.6 Å². The maximum Gasteiger partial charge on any atom is 0.264 e. The monoisotopic (exact) mass is 585 g/mol. The summed E-state index contributed by atoms with van der Waals surface area (Å²) in [5.74, 6) is -0.321. The number of ether oxygens (including phenoxy) is 1. The summed E-state index contributed by atoms with van der Waals surface area (Å²) >= 11 is 6.40. The van der Waals surface area contributed by atoms with Gasteiger partial charge in [-0.25, -0.2) is 8.42 Å². The maximum atomic E-state index is 14.0. The van der Waals surface area contributed by atoms with Crippen LogP contribution in [0.2, 0.25) is 5.02 Å². The number of hydrogen-bond donors (Lipinski definition) is 1. The number of sulfonamides is 1. The minimum atomic E-state index is -4.14. The summed E-state index contributed by atoms with van der Waals surface area (Å²) in [4.78, 5) is 28.5. The molecule has 0 aliphatic rings. The summed E-state index contributed by atoms with van der Waals surface area (Å²) in [6.45, 7) is 7.25. The largest absolute Gasteiger partial charge is 0.494 e. The van der Waals surface area contributed by atoms with Gasteiger partial charge in [-0.3, -0.25) is 13.9 Å². The number of amides is 2. The van der Waals surface area contributed by atoms with E-state index in [9.17, 15) is 18.0 Å². The van der Waals surface area contributed by atoms with E-state index >= 15 is 0 Å². The van der Waals surface area contributed by atoms with Crippen LogP contribution in [0.5, 0.6) is 5.75 Å². The van der Waals surface area contributed by atoms with Crippen molar-refractivity contribution in [3.63, 3.8) is 0 Å². The molecule has 2 amide bonds. The molecule has 0 heterocycles. The molecule has 8 nitrogen and oxygen atoms in total. The Kier molecular flexibility index (Phi) is 11.0. The standard InChI is InChI=1S/C30H36ClN3O5S/c1-5-22(3)32-30(36)23(4)33(20-24-12-10-11-15-28(24)31)29(35)21-34(25-16-18-26(19-17-25)39-6-2)40(37,38)27-13-8-7-9-14-27/h7-19,22-23H,5-6,20-21H2,1-4H3,(H,32,36)/t22-,23-/m0/s1. The van der Waals surface area contributed by atoms with Gasteiger partial charge in [-0.1, -0.05) is 54.9 Å². The van der Waals surface area contributed by atoms with Crippen molar-refractivity contribution in [2.75, 3.05) is 17.5 Å². The number of anilines is 1. The number of nitrogens with one attached hydrogen (secondary N) is 1. The van der Waals surface area contributed by atoms with E-state index in [1.807, 2.05) is 20.8 Å². The van der Waals surface area contributed by atoms with Gasteiger partial charge >= 0.3 is 0 Å². The number of halogens is 1. The molecule has 0 saturated heterocycles. The van der Waals surface area contributed by atoms with Crippen LogP contribution < -0.4 is 14.4 Å². The summed E-state index contributed by atoms with van der Waals surface area (Å²) in [5, 5.41) is 3.35. The van der Waals surface area contributed by atoms with E-state index in [2.05, 4.69) is 5.32 Å². The van der Waals surface area contributed by atoms with E-state index in [1.54, 1.807) is 73.7 Å². The molecule has 0 aromatic heterocycles. The van der Waals surface area contributed by atoms with E-state index in [4.69, 9.17) is 16.3 Å². The average molecular weight is 586 g/mol. The van der Waals surface area contributed by atoms with Crippen LogP contribution in [-0.4, -0.2) is 50.4 Å². The van der Waals surface area contributed by atoms with Crippen molar-refractivity contribution in [3.8, 4) is 5.75 Å². The smallest absolute Gasteiger partial charge is 0.264 e. The molecule has 3 aromatic carbocycles. The summed E-state index contributed by atoms with van der Waals surface area (Å²) in [7, 11) is -4.14. The first-order chi connectivity index (χ1) is 19.1. The Morgan fingerprint density at radius 1 is 0.925 bits per heavy atom. The molecule has 1 N–H and O–H groups in total. The predicted octanol–water partition coefficient (Wildman–Crippen LogP) is 5.27. The van der Waals surface area contributed by atoms with E-state index in [0.717, 1.165) is 10.7 Å². The first-order valence-corrected chi connectivity index (χ1v) is 15.0. The fourth-order valence-corrected chi connectivity index (χ4v) is 5.61. The summed E-state index contributed by atoms with van der Waals surface area (Å²) in [5.41, 5.74) is 0.925. The Bertz CT molecular complexity index is 1380. The summed E-state index contributed by atoms with van der Waals surface area (Å²) in [6.07, 6.45) is 0.720. The van der Waals surface area contributed by atoms with Crippen LogP contribution in [0.15, 0.2) is 83.8 Å².